The van der Waals surface area contributed by atoms with Crippen molar-refractivity contribution in [3.05, 3.63) is 52.3 Å². The van der Waals surface area contributed by atoms with Crippen molar-refractivity contribution in [1.29, 1.82) is 0 Å². The van der Waals surface area contributed by atoms with Gasteiger partial charge in [0.2, 0.25) is 11.6 Å². The monoisotopic (exact) mass is 290 g/mol. The molecule has 0 aliphatic rings. The quantitative estimate of drug-likeness (QED) is 0.348. The number of hydrogen-bond acceptors (Lipinski definition) is 8. The van der Waals surface area contributed by atoms with Gasteiger partial charge >= 0.3 is 5.69 Å². The largest absolute Gasteiger partial charge is 0.394 e. The second-order valence-electron chi connectivity index (χ2n) is 4.11. The van der Waals surface area contributed by atoms with E-state index in [0.717, 1.165) is 11.9 Å². The summed E-state index contributed by atoms with van der Waals surface area (Å²) in [5.41, 5.74) is 2.55. The molecule has 0 aliphatic carbocycles. The third-order valence-corrected chi connectivity index (χ3v) is 2.84. The van der Waals surface area contributed by atoms with Gasteiger partial charge in [0.25, 0.3) is 0 Å². The third kappa shape index (κ3) is 3.22. The van der Waals surface area contributed by atoms with Crippen LogP contribution in [0.2, 0.25) is 0 Å². The predicted molar refractivity (Wildman–Crippen MR) is 76.4 cm³/mol. The van der Waals surface area contributed by atoms with Crippen molar-refractivity contribution >= 4 is 17.3 Å². The van der Waals surface area contributed by atoms with Crippen LogP contribution in [0, 0.1) is 10.1 Å². The molecule has 1 unspecified atom stereocenters. The van der Waals surface area contributed by atoms with Gasteiger partial charge in [-0.3, -0.25) is 10.1 Å². The highest BCUT2D eigenvalue weighted by molar-refractivity contribution is 5.69. The molecule has 5 N–H and O–H groups in total. The van der Waals surface area contributed by atoms with Gasteiger partial charge in [-0.15, -0.1) is 0 Å². The number of nitrogens with one attached hydrogen (secondary N) is 2. The molecule has 1 aromatic carbocycles. The number of aromatic nitrogens is 2. The first kappa shape index (κ1) is 14.6. The Morgan fingerprint density at radius 2 is 1.95 bits per heavy atom. The van der Waals surface area contributed by atoms with E-state index in [2.05, 4.69) is 20.7 Å². The van der Waals surface area contributed by atoms with E-state index in [-0.39, 0.29) is 23.9 Å². The van der Waals surface area contributed by atoms with Gasteiger partial charge < -0.3 is 15.8 Å². The summed E-state index contributed by atoms with van der Waals surface area (Å²) in [5.74, 6) is 5.08. The molecule has 0 fully saturated rings. The molecule has 9 heteroatoms. The lowest BCUT2D eigenvalue weighted by Crippen LogP contribution is -2.18. The molecule has 2 aromatic rings. The van der Waals surface area contributed by atoms with Gasteiger partial charge in [-0.2, -0.15) is 0 Å². The number of nitrogens with two attached hydrogens (primary N) is 1. The minimum atomic E-state index is -0.642. The van der Waals surface area contributed by atoms with Crippen molar-refractivity contribution in [1.82, 2.24) is 9.97 Å². The zero-order chi connectivity index (χ0) is 15.2. The zero-order valence-corrected chi connectivity index (χ0v) is 10.9. The normalized spacial score (nSPS) is 11.7. The van der Waals surface area contributed by atoms with E-state index in [4.69, 9.17) is 5.84 Å². The Morgan fingerprint density at radius 3 is 2.52 bits per heavy atom. The van der Waals surface area contributed by atoms with E-state index in [1.54, 1.807) is 24.3 Å². The van der Waals surface area contributed by atoms with E-state index in [9.17, 15) is 15.2 Å². The average molecular weight is 290 g/mol. The maximum Gasteiger partial charge on any atom is 0.354 e. The Kier molecular flexibility index (Phi) is 4.59. The van der Waals surface area contributed by atoms with E-state index < -0.39 is 11.0 Å². The molecule has 1 aromatic heterocycles. The standard InChI is InChI=1S/C12H14N6O3/c13-17-12-10(18(20)21)11(14-7-15-12)16-9(6-19)8-4-2-1-3-5-8/h1-5,7,9,19H,6,13H2,(H2,14,15,16,17). The lowest BCUT2D eigenvalue weighted by molar-refractivity contribution is -0.383. The Labute approximate surface area is 120 Å². The molecule has 21 heavy (non-hydrogen) atoms. The highest BCUT2D eigenvalue weighted by atomic mass is 16.6. The van der Waals surface area contributed by atoms with Gasteiger partial charge in [0, 0.05) is 0 Å². The Balaban J connectivity index is 2.36. The van der Waals surface area contributed by atoms with Crippen molar-refractivity contribution in [2.75, 3.05) is 17.3 Å². The van der Waals surface area contributed by atoms with Gasteiger partial charge in [-0.05, 0) is 5.56 Å². The van der Waals surface area contributed by atoms with Crippen LogP contribution in [0.15, 0.2) is 36.7 Å². The predicted octanol–water partition coefficient (Wildman–Crippen LogP) is 0.816. The molecule has 9 nitrogen and oxygen atoms in total. The van der Waals surface area contributed by atoms with E-state index >= 15 is 0 Å². The maximum atomic E-state index is 11.1. The SMILES string of the molecule is NNc1ncnc(NC(CO)c2ccccc2)c1[N+](=O)[O-]. The fourth-order valence-corrected chi connectivity index (χ4v) is 1.85. The van der Waals surface area contributed by atoms with Crippen LogP contribution in [-0.4, -0.2) is 26.6 Å². The van der Waals surface area contributed by atoms with Crippen molar-refractivity contribution < 1.29 is 10.0 Å². The molecule has 0 radical (unpaired) electrons. The molecule has 1 atom stereocenters. The number of nitro groups is 1. The summed E-state index contributed by atoms with van der Waals surface area (Å²) < 4.78 is 0. The topological polar surface area (TPSA) is 139 Å². The number of nitrogens with zero attached hydrogens (tertiary/aromatic N) is 3. The Morgan fingerprint density at radius 1 is 1.29 bits per heavy atom. The number of rotatable bonds is 6. The van der Waals surface area contributed by atoms with Crippen LogP contribution in [0.4, 0.5) is 17.3 Å². The van der Waals surface area contributed by atoms with Crippen LogP contribution in [-0.2, 0) is 0 Å². The Bertz CT molecular complexity index is 622. The van der Waals surface area contributed by atoms with Gasteiger partial charge in [0.15, 0.2) is 0 Å². The number of aliphatic hydroxyl groups excluding tert-OH is 1. The minimum absolute atomic E-state index is 0.0224. The number of aliphatic hydroxyl groups is 1. The number of nitrogen functional groups attached to an aromatic ring is 1. The summed E-state index contributed by atoms with van der Waals surface area (Å²) >= 11 is 0. The molecule has 0 amide bonds. The maximum absolute atomic E-state index is 11.1. The minimum Gasteiger partial charge on any atom is -0.394 e. The molecular formula is C12H14N6O3. The number of anilines is 2. The summed E-state index contributed by atoms with van der Waals surface area (Å²) in [4.78, 5) is 18.0. The Hall–Kier alpha value is -2.78. The molecule has 110 valence electrons. The third-order valence-electron chi connectivity index (χ3n) is 2.84. The van der Waals surface area contributed by atoms with Crippen LogP contribution >= 0.6 is 0 Å². The van der Waals surface area contributed by atoms with Crippen molar-refractivity contribution in [2.45, 2.75) is 6.04 Å². The summed E-state index contributed by atoms with van der Waals surface area (Å²) in [6, 6.07) is 8.50. The summed E-state index contributed by atoms with van der Waals surface area (Å²) in [6.45, 7) is -0.253. The van der Waals surface area contributed by atoms with Gasteiger partial charge in [0.05, 0.1) is 17.6 Å². The second kappa shape index (κ2) is 6.59. The molecule has 0 aliphatic heterocycles. The highest BCUT2D eigenvalue weighted by Crippen LogP contribution is 2.30. The zero-order valence-electron chi connectivity index (χ0n) is 10.9. The summed E-state index contributed by atoms with van der Waals surface area (Å²) in [7, 11) is 0. The van der Waals surface area contributed by atoms with Crippen LogP contribution in [0.5, 0.6) is 0 Å². The van der Waals surface area contributed by atoms with E-state index in [1.165, 1.54) is 0 Å². The lowest BCUT2D eigenvalue weighted by Gasteiger charge is -2.17. The number of hydrazine groups is 1. The van der Waals surface area contributed by atoms with Crippen LogP contribution in [0.3, 0.4) is 0 Å². The lowest BCUT2D eigenvalue weighted by atomic mass is 10.1. The molecule has 0 spiro atoms. The number of hydrogen-bond donors (Lipinski definition) is 4. The molecule has 1 heterocycles. The van der Waals surface area contributed by atoms with Crippen molar-refractivity contribution in [3.8, 4) is 0 Å². The van der Waals surface area contributed by atoms with Crippen LogP contribution in [0.25, 0.3) is 0 Å². The first-order chi connectivity index (χ1) is 10.2. The fraction of sp³-hybridized carbons (Fsp3) is 0.167. The molecular weight excluding hydrogens is 276 g/mol. The van der Waals surface area contributed by atoms with Crippen LogP contribution in [0.1, 0.15) is 11.6 Å². The summed E-state index contributed by atoms with van der Waals surface area (Å²) in [6.07, 6.45) is 1.14. The fourth-order valence-electron chi connectivity index (χ4n) is 1.85. The van der Waals surface area contributed by atoms with E-state index in [0.29, 0.717) is 0 Å². The number of benzene rings is 1. The second-order valence-corrected chi connectivity index (χ2v) is 4.11. The van der Waals surface area contributed by atoms with Gasteiger partial charge in [-0.1, -0.05) is 30.3 Å². The molecule has 0 saturated carbocycles. The van der Waals surface area contributed by atoms with Gasteiger partial charge in [0.1, 0.15) is 6.33 Å². The van der Waals surface area contributed by atoms with E-state index in [1.807, 2.05) is 6.07 Å². The van der Waals surface area contributed by atoms with Gasteiger partial charge in [-0.25, -0.2) is 15.8 Å². The smallest absolute Gasteiger partial charge is 0.354 e. The first-order valence-electron chi connectivity index (χ1n) is 6.05. The molecule has 0 saturated heterocycles. The van der Waals surface area contributed by atoms with Crippen molar-refractivity contribution in [2.24, 2.45) is 5.84 Å². The van der Waals surface area contributed by atoms with Crippen LogP contribution < -0.4 is 16.6 Å². The molecule has 0 bridgehead atoms. The highest BCUT2D eigenvalue weighted by Gasteiger charge is 2.24. The average Bonchev–Trinajstić information content (AvgIpc) is 2.52. The summed E-state index contributed by atoms with van der Waals surface area (Å²) in [5, 5.41) is 23.4. The molecule has 2 rings (SSSR count). The first-order valence-corrected chi connectivity index (χ1v) is 6.05. The van der Waals surface area contributed by atoms with Crippen molar-refractivity contribution in [3.63, 3.8) is 0 Å².